The van der Waals surface area contributed by atoms with Gasteiger partial charge in [-0.1, -0.05) is 6.92 Å². The van der Waals surface area contributed by atoms with Crippen LogP contribution in [0.2, 0.25) is 0 Å². The third-order valence-corrected chi connectivity index (χ3v) is 2.81. The Bertz CT molecular complexity index is 260. The van der Waals surface area contributed by atoms with E-state index in [-0.39, 0.29) is 11.5 Å². The fourth-order valence-electron chi connectivity index (χ4n) is 2.08. The molecule has 1 N–H and O–H groups in total. The van der Waals surface area contributed by atoms with Crippen LogP contribution < -0.4 is 5.32 Å². The van der Waals surface area contributed by atoms with E-state index < -0.39 is 5.60 Å². The summed E-state index contributed by atoms with van der Waals surface area (Å²) in [6, 6.07) is 0. The minimum Gasteiger partial charge on any atom is -0.444 e. The summed E-state index contributed by atoms with van der Waals surface area (Å²) >= 11 is 0. The summed E-state index contributed by atoms with van der Waals surface area (Å²) < 4.78 is 5.36. The Balaban J connectivity index is 2.50. The smallest absolute Gasteiger partial charge is 0.410 e. The summed E-state index contributed by atoms with van der Waals surface area (Å²) in [5.74, 6) is 0. The fraction of sp³-hybridized carbons (Fsp3) is 0.917. The summed E-state index contributed by atoms with van der Waals surface area (Å²) in [6.45, 7) is 10.4. The lowest BCUT2D eigenvalue weighted by Crippen LogP contribution is -2.38. The van der Waals surface area contributed by atoms with Gasteiger partial charge in [-0.15, -0.1) is 0 Å². The van der Waals surface area contributed by atoms with Crippen LogP contribution in [0.4, 0.5) is 4.79 Å². The highest BCUT2D eigenvalue weighted by Crippen LogP contribution is 2.29. The summed E-state index contributed by atoms with van der Waals surface area (Å²) in [5, 5.41) is 3.18. The maximum absolute atomic E-state index is 11.8. The molecule has 0 bridgehead atoms. The van der Waals surface area contributed by atoms with Crippen molar-refractivity contribution in [3.63, 3.8) is 0 Å². The average molecular weight is 228 g/mol. The molecule has 0 aromatic carbocycles. The van der Waals surface area contributed by atoms with E-state index in [4.69, 9.17) is 4.74 Å². The molecule has 0 aliphatic carbocycles. The van der Waals surface area contributed by atoms with E-state index in [0.717, 1.165) is 26.1 Å². The summed E-state index contributed by atoms with van der Waals surface area (Å²) in [5.41, 5.74) is -0.218. The number of rotatable bonds is 2. The molecule has 16 heavy (non-hydrogen) atoms. The van der Waals surface area contributed by atoms with Crippen LogP contribution in [0.25, 0.3) is 0 Å². The maximum atomic E-state index is 11.8. The largest absolute Gasteiger partial charge is 0.444 e. The molecule has 1 fully saturated rings. The van der Waals surface area contributed by atoms with Crippen molar-refractivity contribution in [2.45, 2.75) is 39.7 Å². The van der Waals surface area contributed by atoms with Crippen LogP contribution in [-0.2, 0) is 4.74 Å². The number of hydrogen-bond donors (Lipinski definition) is 1. The van der Waals surface area contributed by atoms with Gasteiger partial charge in [-0.25, -0.2) is 4.79 Å². The van der Waals surface area contributed by atoms with Crippen molar-refractivity contribution in [1.82, 2.24) is 10.2 Å². The second-order valence-corrected chi connectivity index (χ2v) is 5.99. The molecule has 1 unspecified atom stereocenters. The highest BCUT2D eigenvalue weighted by molar-refractivity contribution is 5.68. The minimum atomic E-state index is -0.404. The molecule has 1 amide bonds. The van der Waals surface area contributed by atoms with Crippen LogP contribution in [0.3, 0.4) is 0 Å². The van der Waals surface area contributed by atoms with Crippen molar-refractivity contribution < 1.29 is 9.53 Å². The summed E-state index contributed by atoms with van der Waals surface area (Å²) in [6.07, 6.45) is 0.847. The number of amides is 1. The quantitative estimate of drug-likeness (QED) is 0.784. The molecule has 0 aromatic rings. The third-order valence-electron chi connectivity index (χ3n) is 2.81. The average Bonchev–Trinajstić information content (AvgIpc) is 2.45. The first-order valence-electron chi connectivity index (χ1n) is 5.88. The molecule has 1 rings (SSSR count). The van der Waals surface area contributed by atoms with Gasteiger partial charge >= 0.3 is 6.09 Å². The number of carbonyl (C=O) groups is 1. The van der Waals surface area contributed by atoms with Gasteiger partial charge in [-0.05, 0) is 39.7 Å². The van der Waals surface area contributed by atoms with E-state index in [1.165, 1.54) is 0 Å². The van der Waals surface area contributed by atoms with Crippen molar-refractivity contribution in [2.24, 2.45) is 5.41 Å². The Labute approximate surface area is 98.3 Å². The molecule has 94 valence electrons. The van der Waals surface area contributed by atoms with Crippen LogP contribution in [0, 0.1) is 5.41 Å². The Kier molecular flexibility index (Phi) is 3.84. The summed E-state index contributed by atoms with van der Waals surface area (Å²) in [7, 11) is 1.95. The zero-order valence-electron chi connectivity index (χ0n) is 11.1. The van der Waals surface area contributed by atoms with E-state index in [0.29, 0.717) is 0 Å². The predicted molar refractivity (Wildman–Crippen MR) is 64.5 cm³/mol. The Morgan fingerprint density at radius 1 is 1.50 bits per heavy atom. The lowest BCUT2D eigenvalue weighted by atomic mass is 9.90. The van der Waals surface area contributed by atoms with Crippen molar-refractivity contribution in [3.8, 4) is 0 Å². The van der Waals surface area contributed by atoms with Gasteiger partial charge in [0.15, 0.2) is 0 Å². The van der Waals surface area contributed by atoms with Crippen LogP contribution in [-0.4, -0.2) is 43.3 Å². The zero-order valence-corrected chi connectivity index (χ0v) is 11.1. The van der Waals surface area contributed by atoms with Gasteiger partial charge in [0.1, 0.15) is 5.60 Å². The molecule has 1 heterocycles. The number of ether oxygens (including phenoxy) is 1. The molecular formula is C12H24N2O2. The Hall–Kier alpha value is -0.770. The van der Waals surface area contributed by atoms with Crippen molar-refractivity contribution in [3.05, 3.63) is 0 Å². The summed E-state index contributed by atoms with van der Waals surface area (Å²) in [4.78, 5) is 13.6. The third kappa shape index (κ3) is 3.67. The number of likely N-dealkylation sites (tertiary alicyclic amines) is 1. The molecule has 1 aliphatic rings. The van der Waals surface area contributed by atoms with Crippen molar-refractivity contribution in [2.75, 3.05) is 26.7 Å². The Morgan fingerprint density at radius 2 is 2.12 bits per heavy atom. The van der Waals surface area contributed by atoms with Crippen molar-refractivity contribution in [1.29, 1.82) is 0 Å². The van der Waals surface area contributed by atoms with Gasteiger partial charge in [-0.3, -0.25) is 0 Å². The molecular weight excluding hydrogens is 204 g/mol. The Morgan fingerprint density at radius 3 is 2.62 bits per heavy atom. The van der Waals surface area contributed by atoms with Gasteiger partial charge in [0.05, 0.1) is 0 Å². The van der Waals surface area contributed by atoms with Crippen LogP contribution >= 0.6 is 0 Å². The second kappa shape index (κ2) is 4.62. The second-order valence-electron chi connectivity index (χ2n) is 5.99. The highest BCUT2D eigenvalue weighted by atomic mass is 16.6. The number of nitrogens with one attached hydrogen (secondary N) is 1. The van der Waals surface area contributed by atoms with Gasteiger partial charge in [-0.2, -0.15) is 0 Å². The first-order valence-corrected chi connectivity index (χ1v) is 5.88. The minimum absolute atomic E-state index is 0.186. The molecule has 0 spiro atoms. The van der Waals surface area contributed by atoms with E-state index in [9.17, 15) is 4.79 Å². The molecule has 0 aromatic heterocycles. The molecule has 1 atom stereocenters. The van der Waals surface area contributed by atoms with Gasteiger partial charge in [0.2, 0.25) is 0 Å². The monoisotopic (exact) mass is 228 g/mol. The van der Waals surface area contributed by atoms with Gasteiger partial charge in [0.25, 0.3) is 0 Å². The standard InChI is InChI=1S/C12H24N2O2/c1-11(2,3)16-10(15)14-7-6-12(4,9-14)8-13-5/h13H,6-9H2,1-5H3. The first-order chi connectivity index (χ1) is 7.26. The van der Waals surface area contributed by atoms with Gasteiger partial charge in [0, 0.05) is 19.6 Å². The molecule has 1 saturated heterocycles. The first kappa shape index (κ1) is 13.3. The molecule has 0 saturated carbocycles. The van der Waals surface area contributed by atoms with E-state index >= 15 is 0 Å². The lowest BCUT2D eigenvalue weighted by molar-refractivity contribution is 0.0276. The number of nitrogens with zero attached hydrogens (tertiary/aromatic N) is 1. The molecule has 4 nitrogen and oxygen atoms in total. The normalized spacial score (nSPS) is 25.9. The van der Waals surface area contributed by atoms with E-state index in [2.05, 4.69) is 12.2 Å². The van der Waals surface area contributed by atoms with E-state index in [1.54, 1.807) is 0 Å². The predicted octanol–water partition coefficient (Wildman–Crippen LogP) is 1.85. The SMILES string of the molecule is CNCC1(C)CCN(C(=O)OC(C)(C)C)C1. The van der Waals surface area contributed by atoms with E-state index in [1.807, 2.05) is 32.7 Å². The van der Waals surface area contributed by atoms with Crippen LogP contribution in [0.15, 0.2) is 0 Å². The highest BCUT2D eigenvalue weighted by Gasteiger charge is 2.37. The van der Waals surface area contributed by atoms with Crippen LogP contribution in [0.1, 0.15) is 34.1 Å². The number of hydrogen-bond acceptors (Lipinski definition) is 3. The van der Waals surface area contributed by atoms with Gasteiger partial charge < -0.3 is 15.0 Å². The molecule has 0 radical (unpaired) electrons. The maximum Gasteiger partial charge on any atom is 0.410 e. The van der Waals surface area contributed by atoms with Crippen LogP contribution in [0.5, 0.6) is 0 Å². The lowest BCUT2D eigenvalue weighted by Gasteiger charge is -2.26. The molecule has 1 aliphatic heterocycles. The number of carbonyl (C=O) groups excluding carboxylic acids is 1. The molecule has 4 heteroatoms. The van der Waals surface area contributed by atoms with Crippen molar-refractivity contribution >= 4 is 6.09 Å². The zero-order chi connectivity index (χ0) is 12.4. The topological polar surface area (TPSA) is 41.6 Å². The fourth-order valence-corrected chi connectivity index (χ4v) is 2.08.